The van der Waals surface area contributed by atoms with Crippen molar-refractivity contribution in [1.29, 1.82) is 0 Å². The van der Waals surface area contributed by atoms with E-state index in [1.54, 1.807) is 33.1 Å². The normalized spacial score (nSPS) is 14.8. The number of imidazole rings is 4. The van der Waals surface area contributed by atoms with Gasteiger partial charge in [-0.1, -0.05) is 31.4 Å². The number of aldehydes is 1. The van der Waals surface area contributed by atoms with Crippen LogP contribution in [-0.4, -0.2) is 153 Å². The van der Waals surface area contributed by atoms with Crippen LogP contribution in [0.15, 0.2) is 97.6 Å². The Morgan fingerprint density at radius 1 is 0.476 bits per heavy atom. The van der Waals surface area contributed by atoms with Gasteiger partial charge in [0.15, 0.2) is 67.0 Å². The predicted octanol–water partition coefficient (Wildman–Crippen LogP) is 23.2. The minimum Gasteiger partial charge on any atom is -0.459 e. The first-order valence-electron chi connectivity index (χ1n) is 39.5. The first-order valence-corrected chi connectivity index (χ1v) is 51.6. The van der Waals surface area contributed by atoms with Gasteiger partial charge >= 0.3 is 117 Å². The van der Waals surface area contributed by atoms with Crippen LogP contribution in [0.4, 0.5) is 87.8 Å². The van der Waals surface area contributed by atoms with Gasteiger partial charge in [-0.25, -0.2) is 55.1 Å². The molecule has 16 rings (SSSR count). The molecule has 0 amide bonds. The average molecular weight is 1920 g/mol. The topological polar surface area (TPSA) is 221 Å². The maximum absolute atomic E-state index is 13.8. The number of carbonyl (C=O) groups is 1. The van der Waals surface area contributed by atoms with Gasteiger partial charge in [-0.2, -0.15) is 88.4 Å². The van der Waals surface area contributed by atoms with Gasteiger partial charge in [0.25, 0.3) is 0 Å². The van der Waals surface area contributed by atoms with Crippen molar-refractivity contribution in [3.05, 3.63) is 167 Å². The summed E-state index contributed by atoms with van der Waals surface area (Å²) in [5.41, 5.74) is 2.74. The van der Waals surface area contributed by atoms with Crippen LogP contribution in [0.1, 0.15) is 175 Å². The average Bonchev–Trinajstić information content (AvgIpc) is 1.61. The van der Waals surface area contributed by atoms with E-state index in [2.05, 4.69) is 81.5 Å². The summed E-state index contributed by atoms with van der Waals surface area (Å²) in [5.74, 6) is -10.6. The molecular weight excluding hydrogens is 1840 g/mol. The molecular formula is C81H82F20N16O3S2SiSn. The molecule has 2 unspecified atom stereocenters. The number of thiocarbonyl (C=S) groups is 1. The van der Waals surface area contributed by atoms with Gasteiger partial charge < -0.3 is 28.1 Å². The number of halogens is 20. The molecule has 4 aliphatic carbocycles. The smallest absolute Gasteiger partial charge is 0.431 e. The Bertz CT molecular complexity index is 5740. The quantitative estimate of drug-likeness (QED) is 0.0288. The maximum atomic E-state index is 13.8. The Morgan fingerprint density at radius 2 is 0.782 bits per heavy atom. The fraction of sp³-hybridized carbons (Fsp3) is 0.432. The van der Waals surface area contributed by atoms with E-state index in [4.69, 9.17) is 17.0 Å². The van der Waals surface area contributed by atoms with E-state index in [9.17, 15) is 97.7 Å². The van der Waals surface area contributed by atoms with Crippen molar-refractivity contribution in [2.24, 2.45) is 0 Å². The van der Waals surface area contributed by atoms with Crippen molar-refractivity contribution in [1.82, 2.24) is 79.0 Å². The number of alkyl halides is 12. The molecule has 19 nitrogen and oxygen atoms in total. The number of rotatable bonds is 22. The second-order valence-corrected chi connectivity index (χ2v) is 47.5. The Morgan fingerprint density at radius 3 is 1.08 bits per heavy atom. The third-order valence-corrected chi connectivity index (χ3v) is 33.3. The van der Waals surface area contributed by atoms with Gasteiger partial charge in [-0.05, 0) is 94.1 Å². The second-order valence-electron chi connectivity index (χ2n) is 31.1. The number of ether oxygens (including phenoxy) is 1. The third kappa shape index (κ3) is 24.2. The second kappa shape index (κ2) is 40.0. The molecule has 43 heteroatoms. The molecule has 0 bridgehead atoms. The predicted molar refractivity (Wildman–Crippen MR) is 434 cm³/mol. The summed E-state index contributed by atoms with van der Waals surface area (Å²) < 4.78 is 277. The Labute approximate surface area is 713 Å². The van der Waals surface area contributed by atoms with Crippen molar-refractivity contribution in [2.45, 2.75) is 211 Å². The Balaban J connectivity index is 0.000000150. The summed E-state index contributed by atoms with van der Waals surface area (Å²) >= 11 is 4.65. The van der Waals surface area contributed by atoms with Gasteiger partial charge in [-0.3, -0.25) is 4.79 Å². The van der Waals surface area contributed by atoms with Crippen molar-refractivity contribution in [2.75, 3.05) is 6.26 Å². The van der Waals surface area contributed by atoms with Crippen LogP contribution in [0.3, 0.4) is 0 Å². The molecule has 0 radical (unpaired) electrons. The molecule has 8 aromatic heterocycles. The molecule has 4 aliphatic rings. The van der Waals surface area contributed by atoms with Crippen LogP contribution in [0.2, 0.25) is 33.0 Å². The standard InChI is InChI=1S/C18H13F5N4OS2.C16H11F5N4O.C16H11F5N4.C15H10F2N4O.C4H9F3Si.3C4H9.Sn.H/c1-30-17(29)28-15(18(21,22)23)13-4-8(7-24-26-13)16-25-12-5-10(19)11(20)6-14(12)27(16)9-2-3-9;17-9-4-11-13(5-10(9)18)25(8-1-2-8)15(23-11)7-3-12(24-22-6-7)14(26)16(19,20)21;17-11-4-13-14(5-12(11)18)25(10-1-2-10)15(23-13)8-3-9(24-22-7-8)6-16(19,20)21;16-11-4-13-14(5-12(11)17)21(10-1-2-10)15(19-13)8-3-9(7-22)20-18-6-8;1-8(2,3)4(5,6)7;3*1-3-4-2;;/h4-7,9,15H,2-3H2,1H3;3-6,8,14,26H,1-2H2;3-5,7,10H,1-2,6H2;3-7,10H,1-2H2;1-3H3;3*1,3-4H2,2H3;;. The van der Waals surface area contributed by atoms with E-state index in [0.29, 0.717) is 56.6 Å². The summed E-state index contributed by atoms with van der Waals surface area (Å²) in [6.07, 6.45) is 2.45. The van der Waals surface area contributed by atoms with Gasteiger partial charge in [0.2, 0.25) is 10.5 Å². The van der Waals surface area contributed by atoms with Crippen molar-refractivity contribution in [3.8, 4) is 45.6 Å². The fourth-order valence-electron chi connectivity index (χ4n) is 13.2. The molecule has 0 spiro atoms. The van der Waals surface area contributed by atoms with E-state index >= 15 is 0 Å². The van der Waals surface area contributed by atoms with E-state index in [0.717, 1.165) is 124 Å². The molecule has 4 saturated carbocycles. The zero-order chi connectivity index (χ0) is 90.2. The van der Waals surface area contributed by atoms with E-state index in [1.807, 2.05) is 4.57 Å². The zero-order valence-electron chi connectivity index (χ0n) is 67.4. The van der Waals surface area contributed by atoms with Crippen LogP contribution < -0.4 is 0 Å². The first kappa shape index (κ1) is 95.2. The van der Waals surface area contributed by atoms with Crippen LogP contribution in [-0.2, 0) is 11.2 Å². The zero-order valence-corrected chi connectivity index (χ0v) is 73.3. The number of carbonyl (C=O) groups excluding carboxylic acids is 1. The fourth-order valence-corrected chi connectivity index (χ4v) is 24.4. The SMILES string of the molecule is CCC[CH2][SnH]([CH2]CCC)[CH2]CCC.CSC(=S)OC(c1cc(-c2nc3cc(F)c(F)cc3n2C2CC2)cnn1)C(F)(F)F.C[Si](C)(C)C(F)(F)F.Fc1cc2nc(-c3cnnc(CC(F)(F)F)c3)n(C3CC3)c2cc1F.O=Cc1cc(-c2nc3cc(F)c(F)cc3n2C2CC2)cnn1.OC(c1cc(-c2nc3cc(F)c(F)cc3n2C2CC2)cnn1)C(F)(F)F. The summed E-state index contributed by atoms with van der Waals surface area (Å²) in [6.45, 7) is 10.9. The van der Waals surface area contributed by atoms with E-state index < -0.39 is 129 Å². The number of hydrogen-bond donors (Lipinski definition) is 1. The number of thioether (sulfide) groups is 1. The van der Waals surface area contributed by atoms with E-state index in [-0.39, 0.29) is 79.3 Å². The number of nitrogens with zero attached hydrogens (tertiary/aromatic N) is 16. The third-order valence-electron chi connectivity index (χ3n) is 20.1. The van der Waals surface area contributed by atoms with Crippen LogP contribution in [0.5, 0.6) is 0 Å². The largest absolute Gasteiger partial charge is 0.459 e. The summed E-state index contributed by atoms with van der Waals surface area (Å²) in [5, 5.41) is 38.0. The number of aliphatic hydroxyl groups is 1. The summed E-state index contributed by atoms with van der Waals surface area (Å²) in [4.78, 5) is 28.1. The van der Waals surface area contributed by atoms with Crippen LogP contribution >= 0.6 is 24.0 Å². The van der Waals surface area contributed by atoms with Gasteiger partial charge in [-0.15, -0.1) is 5.10 Å². The van der Waals surface area contributed by atoms with Crippen LogP contribution in [0, 0.1) is 46.5 Å². The molecule has 124 heavy (non-hydrogen) atoms. The van der Waals surface area contributed by atoms with Crippen molar-refractivity contribution >= 4 is 107 Å². The molecule has 4 aromatic carbocycles. The number of aromatic nitrogens is 16. The molecule has 12 aromatic rings. The Hall–Kier alpha value is -9.43. The minimum absolute atomic E-state index is 0.00907. The van der Waals surface area contributed by atoms with Crippen LogP contribution in [0.25, 0.3) is 89.7 Å². The molecule has 4 fully saturated rings. The first-order chi connectivity index (χ1) is 58.5. The molecule has 664 valence electrons. The molecule has 1 N–H and O–H groups in total. The molecule has 2 atom stereocenters. The number of benzene rings is 4. The number of hydrogen-bond acceptors (Lipinski definition) is 17. The molecule has 0 saturated heterocycles. The summed E-state index contributed by atoms with van der Waals surface area (Å²) in [7, 11) is -2.86. The number of unbranched alkanes of at least 4 members (excludes halogenated alkanes) is 3. The van der Waals surface area contributed by atoms with Gasteiger partial charge in [0.05, 0.1) is 81.0 Å². The number of aliphatic hydroxyl groups excluding tert-OH is 1. The van der Waals surface area contributed by atoms with Gasteiger partial charge in [0, 0.05) is 95.0 Å². The Kier molecular flexibility index (Phi) is 30.8. The minimum atomic E-state index is -4.89. The van der Waals surface area contributed by atoms with Gasteiger partial charge in [0.1, 0.15) is 40.4 Å². The van der Waals surface area contributed by atoms with E-state index in [1.165, 1.54) is 95.3 Å². The summed E-state index contributed by atoms with van der Waals surface area (Å²) in [6, 6.07) is 13.5. The number of fused-ring (bicyclic) bond motifs is 4. The van der Waals surface area contributed by atoms with Crippen molar-refractivity contribution < 1.29 is 102 Å². The van der Waals surface area contributed by atoms with Crippen molar-refractivity contribution in [3.63, 3.8) is 0 Å². The maximum Gasteiger partial charge on any atom is 0.431 e. The molecule has 8 heterocycles. The monoisotopic (exact) mass is 1920 g/mol. The molecule has 0 aliphatic heterocycles.